The van der Waals surface area contributed by atoms with Crippen LogP contribution in [0.4, 0.5) is 11.4 Å². The smallest absolute Gasteiger partial charge is 0.134 e. The summed E-state index contributed by atoms with van der Waals surface area (Å²) in [5.74, 6) is 0. The Labute approximate surface area is 287 Å². The van der Waals surface area contributed by atoms with Crippen LogP contribution in [0.1, 0.15) is 27.7 Å². The highest BCUT2D eigenvalue weighted by Gasteiger charge is 2.24. The molecule has 6 aromatic carbocycles. The molecule has 0 saturated heterocycles. The number of rotatable bonds is 10. The van der Waals surface area contributed by atoms with Crippen molar-refractivity contribution in [2.24, 2.45) is 9.98 Å². The Bertz CT molecular complexity index is 1760. The van der Waals surface area contributed by atoms with Crippen LogP contribution in [-0.2, 0) is 0 Å². The predicted octanol–water partition coefficient (Wildman–Crippen LogP) is 9.08. The summed E-state index contributed by atoms with van der Waals surface area (Å²) in [4.78, 5) is 11.0. The molecule has 0 atom stereocenters. The number of hydrogen-bond donors (Lipinski definition) is 2. The van der Waals surface area contributed by atoms with Gasteiger partial charge >= 0.3 is 0 Å². The second-order valence-corrected chi connectivity index (χ2v) is 16.4. The van der Waals surface area contributed by atoms with Crippen molar-refractivity contribution in [3.8, 4) is 0 Å². The van der Waals surface area contributed by atoms with E-state index in [1.54, 1.807) is 0 Å². The van der Waals surface area contributed by atoms with Crippen LogP contribution in [0.25, 0.3) is 10.8 Å². The molecule has 0 aliphatic carbocycles. The first-order valence-corrected chi connectivity index (χ1v) is 19.2. The Hall–Kier alpha value is -4.62. The summed E-state index contributed by atoms with van der Waals surface area (Å²) in [5, 5.41) is 14.7. The Balaban J connectivity index is 1.57. The van der Waals surface area contributed by atoms with Gasteiger partial charge in [-0.1, -0.05) is 146 Å². The van der Waals surface area contributed by atoms with Gasteiger partial charge in [0.25, 0.3) is 0 Å². The van der Waals surface area contributed by atoms with E-state index < -0.39 is 15.8 Å². The van der Waals surface area contributed by atoms with E-state index in [0.717, 1.165) is 33.3 Å². The molecule has 6 aromatic rings. The molecule has 0 aliphatic heterocycles. The van der Waals surface area contributed by atoms with E-state index in [9.17, 15) is 0 Å². The second-order valence-electron chi connectivity index (χ2n) is 12.1. The molecule has 0 aromatic heterocycles. The monoisotopic (exact) mass is 664 g/mol. The number of amidine groups is 2. The van der Waals surface area contributed by atoms with E-state index in [0.29, 0.717) is 0 Å². The molecule has 0 spiro atoms. The highest BCUT2D eigenvalue weighted by Crippen LogP contribution is 2.42. The minimum Gasteiger partial charge on any atom is -0.367 e. The lowest BCUT2D eigenvalue weighted by atomic mass is 10.1. The number of hydrogen-bond acceptors (Lipinski definition) is 2. The quantitative estimate of drug-likeness (QED) is 0.0872. The van der Waals surface area contributed by atoms with Crippen molar-refractivity contribution in [1.82, 2.24) is 10.6 Å². The average molecular weight is 665 g/mol. The molecule has 2 N–H and O–H groups in total. The van der Waals surface area contributed by atoms with E-state index in [1.807, 2.05) is 0 Å². The lowest BCUT2D eigenvalue weighted by molar-refractivity contribution is 0.740. The minimum absolute atomic E-state index is 0.204. The predicted molar refractivity (Wildman–Crippen MR) is 213 cm³/mol. The number of fused-ring (bicyclic) bond motifs is 1. The Morgan fingerprint density at radius 1 is 0.417 bits per heavy atom. The average Bonchev–Trinajstić information content (AvgIpc) is 3.10. The van der Waals surface area contributed by atoms with Crippen molar-refractivity contribution < 1.29 is 0 Å². The van der Waals surface area contributed by atoms with Crippen molar-refractivity contribution in [2.75, 3.05) is 0 Å². The molecule has 0 bridgehead atoms. The van der Waals surface area contributed by atoms with E-state index in [2.05, 4.69) is 196 Å². The summed E-state index contributed by atoms with van der Waals surface area (Å²) in [6.07, 6.45) is 0. The standard InChI is InChI=1S/C42H42N4P2/c1-31(2)43-41(47(34-21-9-5-10-22-34)35-23-11-6-12-24-35)45-38-29-17-19-33-20-18-30-39(40(33)38)46-42(44-32(3)4)48(36-25-13-7-14-26-36)37-27-15-8-16-28-37/h5-32H,1-4H3,(H,43,45)(H,44,46). The number of aliphatic imine (C=N–C) groups is 2. The van der Waals surface area contributed by atoms with Gasteiger partial charge in [0.2, 0.25) is 0 Å². The highest BCUT2D eigenvalue weighted by atomic mass is 31.1. The molecule has 0 aliphatic rings. The van der Waals surface area contributed by atoms with Gasteiger partial charge in [-0.25, -0.2) is 9.98 Å². The Kier molecular flexibility index (Phi) is 11.1. The molecule has 6 heteroatoms. The fourth-order valence-corrected chi connectivity index (χ4v) is 10.3. The first-order valence-electron chi connectivity index (χ1n) is 16.5. The van der Waals surface area contributed by atoms with Crippen LogP contribution in [0.3, 0.4) is 0 Å². The van der Waals surface area contributed by atoms with Gasteiger partial charge in [0, 0.05) is 33.3 Å². The van der Waals surface area contributed by atoms with Gasteiger partial charge in [-0.2, -0.15) is 0 Å². The van der Waals surface area contributed by atoms with E-state index in [4.69, 9.17) is 9.98 Å². The van der Waals surface area contributed by atoms with E-state index in [1.165, 1.54) is 21.2 Å². The molecule has 0 saturated carbocycles. The van der Waals surface area contributed by atoms with E-state index in [-0.39, 0.29) is 12.1 Å². The molecule has 0 unspecified atom stereocenters. The summed E-state index contributed by atoms with van der Waals surface area (Å²) in [5.41, 5.74) is 3.75. The molecule has 6 rings (SSSR count). The number of nitrogens with one attached hydrogen (secondary N) is 2. The van der Waals surface area contributed by atoms with Gasteiger partial charge < -0.3 is 10.6 Å². The van der Waals surface area contributed by atoms with Crippen molar-refractivity contribution in [3.05, 3.63) is 158 Å². The van der Waals surface area contributed by atoms with Crippen LogP contribution in [0, 0.1) is 0 Å². The lowest BCUT2D eigenvalue weighted by Gasteiger charge is -2.25. The molecule has 0 radical (unpaired) electrons. The van der Waals surface area contributed by atoms with Crippen molar-refractivity contribution in [1.29, 1.82) is 0 Å². The third kappa shape index (κ3) is 8.08. The van der Waals surface area contributed by atoms with Crippen LogP contribution < -0.4 is 31.9 Å². The maximum Gasteiger partial charge on any atom is 0.134 e. The molecule has 4 nitrogen and oxygen atoms in total. The number of nitrogens with zero attached hydrogens (tertiary/aromatic N) is 2. The Morgan fingerprint density at radius 2 is 0.729 bits per heavy atom. The first kappa shape index (κ1) is 33.3. The first-order chi connectivity index (χ1) is 23.5. The van der Waals surface area contributed by atoms with E-state index >= 15 is 0 Å². The molecule has 0 heterocycles. The van der Waals surface area contributed by atoms with Gasteiger partial charge in [0.1, 0.15) is 11.2 Å². The fraction of sp³-hybridized carbons (Fsp3) is 0.143. The summed E-state index contributed by atoms with van der Waals surface area (Å²) in [6, 6.07) is 56.2. The van der Waals surface area contributed by atoms with Crippen molar-refractivity contribution >= 4 is 70.4 Å². The minimum atomic E-state index is -0.941. The lowest BCUT2D eigenvalue weighted by Crippen LogP contribution is -2.34. The van der Waals surface area contributed by atoms with Crippen LogP contribution in [0.2, 0.25) is 0 Å². The largest absolute Gasteiger partial charge is 0.367 e. The summed E-state index contributed by atoms with van der Waals surface area (Å²) < 4.78 is 0. The topological polar surface area (TPSA) is 48.8 Å². The Morgan fingerprint density at radius 3 is 1.02 bits per heavy atom. The highest BCUT2D eigenvalue weighted by molar-refractivity contribution is 7.88. The normalized spacial score (nSPS) is 12.3. The van der Waals surface area contributed by atoms with Gasteiger partial charge in [-0.15, -0.1) is 0 Å². The van der Waals surface area contributed by atoms with Gasteiger partial charge in [0.15, 0.2) is 0 Å². The van der Waals surface area contributed by atoms with Crippen LogP contribution >= 0.6 is 15.8 Å². The third-order valence-electron chi connectivity index (χ3n) is 7.63. The van der Waals surface area contributed by atoms with Gasteiger partial charge in [-0.3, -0.25) is 0 Å². The molecule has 0 amide bonds. The number of benzene rings is 6. The third-order valence-corrected chi connectivity index (χ3v) is 12.2. The van der Waals surface area contributed by atoms with Gasteiger partial charge in [0.05, 0.1) is 11.4 Å². The summed E-state index contributed by atoms with van der Waals surface area (Å²) in [6.45, 7) is 8.71. The van der Waals surface area contributed by atoms with Crippen LogP contribution in [-0.4, -0.2) is 23.2 Å². The van der Waals surface area contributed by atoms with Crippen LogP contribution in [0.5, 0.6) is 0 Å². The summed E-state index contributed by atoms with van der Waals surface area (Å²) >= 11 is 0. The summed E-state index contributed by atoms with van der Waals surface area (Å²) in [7, 11) is -1.88. The molecule has 240 valence electrons. The van der Waals surface area contributed by atoms with Crippen LogP contribution in [0.15, 0.2) is 168 Å². The second kappa shape index (κ2) is 16.0. The fourth-order valence-electron chi connectivity index (χ4n) is 5.62. The molecule has 48 heavy (non-hydrogen) atoms. The molecule has 0 fully saturated rings. The van der Waals surface area contributed by atoms with Gasteiger partial charge in [-0.05, 0) is 66.4 Å². The zero-order chi connectivity index (χ0) is 33.3. The molecular weight excluding hydrogens is 622 g/mol. The molecular formula is C42H42N4P2. The maximum atomic E-state index is 5.52. The SMILES string of the molecule is CC(C)N/C(=N/c1cccc2cccc(/N=C(\NC(C)C)P(c3ccccc3)c3ccccc3)c12)P(c1ccccc1)c1ccccc1. The van der Waals surface area contributed by atoms with Crippen molar-refractivity contribution in [2.45, 2.75) is 39.8 Å². The zero-order valence-electron chi connectivity index (χ0n) is 28.0. The maximum absolute atomic E-state index is 5.52. The van der Waals surface area contributed by atoms with Crippen molar-refractivity contribution in [3.63, 3.8) is 0 Å². The zero-order valence-corrected chi connectivity index (χ0v) is 29.7.